The Balaban J connectivity index is 2.16. The Morgan fingerprint density at radius 3 is 2.46 bits per heavy atom. The van der Waals surface area contributed by atoms with Crippen LogP contribution in [-0.2, 0) is 21.2 Å². The van der Waals surface area contributed by atoms with Gasteiger partial charge in [-0.15, -0.1) is 0 Å². The smallest absolute Gasteiger partial charge is 0.255 e. The summed E-state index contributed by atoms with van der Waals surface area (Å²) in [5.74, 6) is -0.927. The topological polar surface area (TPSA) is 95.6 Å². The van der Waals surface area contributed by atoms with Crippen molar-refractivity contribution >= 4 is 39.1 Å². The molecule has 0 aromatic heterocycles. The van der Waals surface area contributed by atoms with E-state index in [1.807, 2.05) is 25.1 Å². The SMILES string of the molecule is CCc1ccccc1NC(=O)CN(C)C(=O)c1cc(S(=O)(=O)NC)ccc1Cl. The summed E-state index contributed by atoms with van der Waals surface area (Å²) in [5, 5.41) is 2.89. The van der Waals surface area contributed by atoms with Crippen molar-refractivity contribution in [2.75, 3.05) is 26.0 Å². The van der Waals surface area contributed by atoms with Crippen LogP contribution in [0, 0.1) is 0 Å². The number of para-hydroxylation sites is 1. The van der Waals surface area contributed by atoms with Gasteiger partial charge in [0.1, 0.15) is 0 Å². The van der Waals surface area contributed by atoms with Crippen molar-refractivity contribution < 1.29 is 18.0 Å². The first-order valence-corrected chi connectivity index (χ1v) is 10.4. The summed E-state index contributed by atoms with van der Waals surface area (Å²) in [6.45, 7) is 1.77. The van der Waals surface area contributed by atoms with Crippen LogP contribution in [0.3, 0.4) is 0 Å². The van der Waals surface area contributed by atoms with Crippen LogP contribution >= 0.6 is 11.6 Å². The maximum absolute atomic E-state index is 12.7. The zero-order valence-corrected chi connectivity index (χ0v) is 17.4. The molecule has 2 amide bonds. The number of hydrogen-bond acceptors (Lipinski definition) is 4. The second-order valence-electron chi connectivity index (χ2n) is 6.07. The lowest BCUT2D eigenvalue weighted by Gasteiger charge is -2.18. The highest BCUT2D eigenvalue weighted by Gasteiger charge is 2.21. The van der Waals surface area contributed by atoms with Gasteiger partial charge in [0.25, 0.3) is 5.91 Å². The summed E-state index contributed by atoms with van der Waals surface area (Å²) in [4.78, 5) is 26.1. The summed E-state index contributed by atoms with van der Waals surface area (Å²) in [5.41, 5.74) is 1.68. The van der Waals surface area contributed by atoms with Crippen LogP contribution in [0.2, 0.25) is 5.02 Å². The average molecular weight is 424 g/mol. The number of nitrogens with zero attached hydrogens (tertiary/aromatic N) is 1. The van der Waals surface area contributed by atoms with Crippen LogP contribution in [0.5, 0.6) is 0 Å². The molecule has 0 saturated heterocycles. The number of carbonyl (C=O) groups is 2. The number of aryl methyl sites for hydroxylation is 1. The van der Waals surface area contributed by atoms with Crippen molar-refractivity contribution in [2.45, 2.75) is 18.2 Å². The van der Waals surface area contributed by atoms with Gasteiger partial charge in [-0.2, -0.15) is 0 Å². The van der Waals surface area contributed by atoms with Gasteiger partial charge in [0, 0.05) is 12.7 Å². The van der Waals surface area contributed by atoms with Gasteiger partial charge in [0.05, 0.1) is 22.0 Å². The number of rotatable bonds is 7. The lowest BCUT2D eigenvalue weighted by molar-refractivity contribution is -0.116. The molecule has 0 radical (unpaired) electrons. The molecule has 0 aliphatic rings. The number of halogens is 1. The second kappa shape index (κ2) is 9.18. The third-order valence-electron chi connectivity index (χ3n) is 4.15. The monoisotopic (exact) mass is 423 g/mol. The van der Waals surface area contributed by atoms with E-state index in [1.165, 1.54) is 37.2 Å². The summed E-state index contributed by atoms with van der Waals surface area (Å²) in [6.07, 6.45) is 0.758. The fourth-order valence-corrected chi connectivity index (χ4v) is 3.54. The van der Waals surface area contributed by atoms with Crippen LogP contribution in [0.1, 0.15) is 22.8 Å². The maximum atomic E-state index is 12.7. The first-order valence-electron chi connectivity index (χ1n) is 8.56. The quantitative estimate of drug-likeness (QED) is 0.715. The van der Waals surface area contributed by atoms with Crippen molar-refractivity contribution in [1.82, 2.24) is 9.62 Å². The molecule has 2 N–H and O–H groups in total. The molecule has 0 unspecified atom stereocenters. The maximum Gasteiger partial charge on any atom is 0.255 e. The standard InChI is InChI=1S/C19H22ClN3O4S/c1-4-13-7-5-6-8-17(13)22-18(24)12-23(3)19(25)15-11-14(9-10-16(15)20)28(26,27)21-2/h5-11,21H,4,12H2,1-3H3,(H,22,24). The first kappa shape index (κ1) is 21.9. The van der Waals surface area contributed by atoms with Crippen LogP contribution in [0.4, 0.5) is 5.69 Å². The van der Waals surface area contributed by atoms with Crippen molar-refractivity contribution in [3.63, 3.8) is 0 Å². The van der Waals surface area contributed by atoms with Gasteiger partial charge >= 0.3 is 0 Å². The van der Waals surface area contributed by atoms with Gasteiger partial charge in [-0.05, 0) is 43.3 Å². The number of benzene rings is 2. The van der Waals surface area contributed by atoms with E-state index in [9.17, 15) is 18.0 Å². The first-order chi connectivity index (χ1) is 13.2. The third kappa shape index (κ3) is 5.09. The van der Waals surface area contributed by atoms with Crippen LogP contribution in [-0.4, -0.2) is 45.8 Å². The molecule has 2 rings (SSSR count). The molecule has 28 heavy (non-hydrogen) atoms. The number of carbonyl (C=O) groups excluding carboxylic acids is 2. The molecular formula is C19H22ClN3O4S. The largest absolute Gasteiger partial charge is 0.332 e. The number of amides is 2. The molecule has 0 aliphatic carbocycles. The second-order valence-corrected chi connectivity index (χ2v) is 8.36. The van der Waals surface area contributed by atoms with Crippen LogP contribution in [0.15, 0.2) is 47.4 Å². The predicted octanol–water partition coefficient (Wildman–Crippen LogP) is 2.52. The fourth-order valence-electron chi connectivity index (χ4n) is 2.59. The summed E-state index contributed by atoms with van der Waals surface area (Å²) in [7, 11) is -1.01. The van der Waals surface area contributed by atoms with Gasteiger partial charge in [-0.3, -0.25) is 9.59 Å². The molecule has 2 aromatic carbocycles. The number of nitrogens with one attached hydrogen (secondary N) is 2. The molecule has 0 aliphatic heterocycles. The Kier molecular flexibility index (Phi) is 7.17. The molecule has 0 saturated carbocycles. The van der Waals surface area contributed by atoms with E-state index in [-0.39, 0.29) is 27.9 Å². The summed E-state index contributed by atoms with van der Waals surface area (Å²) < 4.78 is 26.1. The lowest BCUT2D eigenvalue weighted by Crippen LogP contribution is -2.35. The Bertz CT molecular complexity index is 992. The zero-order chi connectivity index (χ0) is 20.9. The molecule has 0 bridgehead atoms. The Labute approximate surface area is 169 Å². The van der Waals surface area contributed by atoms with Gasteiger partial charge in [-0.1, -0.05) is 36.7 Å². The van der Waals surface area contributed by atoms with Gasteiger partial charge in [-0.25, -0.2) is 13.1 Å². The minimum Gasteiger partial charge on any atom is -0.332 e. The van der Waals surface area contributed by atoms with Gasteiger partial charge < -0.3 is 10.2 Å². The van der Waals surface area contributed by atoms with E-state index in [4.69, 9.17) is 11.6 Å². The van der Waals surface area contributed by atoms with E-state index < -0.39 is 15.9 Å². The van der Waals surface area contributed by atoms with Crippen molar-refractivity contribution in [3.05, 3.63) is 58.6 Å². The molecular weight excluding hydrogens is 402 g/mol. The molecule has 0 atom stereocenters. The predicted molar refractivity (Wildman–Crippen MR) is 109 cm³/mol. The lowest BCUT2D eigenvalue weighted by atomic mass is 10.1. The van der Waals surface area contributed by atoms with Crippen molar-refractivity contribution in [2.24, 2.45) is 0 Å². The molecule has 0 spiro atoms. The van der Waals surface area contributed by atoms with Crippen molar-refractivity contribution in [3.8, 4) is 0 Å². The normalized spacial score (nSPS) is 11.1. The van der Waals surface area contributed by atoms with Crippen LogP contribution in [0.25, 0.3) is 0 Å². The molecule has 2 aromatic rings. The minimum atomic E-state index is -3.73. The summed E-state index contributed by atoms with van der Waals surface area (Å²) in [6, 6.07) is 11.2. The number of likely N-dealkylation sites (N-methyl/N-ethyl adjacent to an activating group) is 1. The number of anilines is 1. The van der Waals surface area contributed by atoms with Crippen LogP contribution < -0.4 is 10.0 Å². The Morgan fingerprint density at radius 1 is 1.14 bits per heavy atom. The Morgan fingerprint density at radius 2 is 1.82 bits per heavy atom. The van der Waals surface area contributed by atoms with E-state index in [0.717, 1.165) is 12.0 Å². The van der Waals surface area contributed by atoms with E-state index in [0.29, 0.717) is 5.69 Å². The fraction of sp³-hybridized carbons (Fsp3) is 0.263. The highest BCUT2D eigenvalue weighted by atomic mass is 35.5. The molecule has 0 fully saturated rings. The number of hydrogen-bond donors (Lipinski definition) is 2. The van der Waals surface area contributed by atoms with Gasteiger partial charge in [0.2, 0.25) is 15.9 Å². The van der Waals surface area contributed by atoms with Gasteiger partial charge in [0.15, 0.2) is 0 Å². The van der Waals surface area contributed by atoms with E-state index in [2.05, 4.69) is 10.0 Å². The van der Waals surface area contributed by atoms with E-state index in [1.54, 1.807) is 6.07 Å². The minimum absolute atomic E-state index is 0.00208. The molecule has 7 nitrogen and oxygen atoms in total. The Hall–Kier alpha value is -2.42. The average Bonchev–Trinajstić information content (AvgIpc) is 2.67. The van der Waals surface area contributed by atoms with Crippen molar-refractivity contribution in [1.29, 1.82) is 0 Å². The third-order valence-corrected chi connectivity index (χ3v) is 5.89. The molecule has 150 valence electrons. The molecule has 0 heterocycles. The number of sulfonamides is 1. The highest BCUT2D eigenvalue weighted by molar-refractivity contribution is 7.89. The summed E-state index contributed by atoms with van der Waals surface area (Å²) >= 11 is 6.07. The zero-order valence-electron chi connectivity index (χ0n) is 15.8. The molecule has 9 heteroatoms. The highest BCUT2D eigenvalue weighted by Crippen LogP contribution is 2.22. The van der Waals surface area contributed by atoms with E-state index >= 15 is 0 Å².